The van der Waals surface area contributed by atoms with Crippen LogP contribution in [-0.4, -0.2) is 23.3 Å². The first-order valence-electron chi connectivity index (χ1n) is 7.49. The maximum atomic E-state index is 12.2. The zero-order valence-electron chi connectivity index (χ0n) is 13.7. The van der Waals surface area contributed by atoms with Gasteiger partial charge in [0.1, 0.15) is 6.54 Å². The highest BCUT2D eigenvalue weighted by Gasteiger charge is 2.17. The van der Waals surface area contributed by atoms with E-state index in [-0.39, 0.29) is 18.4 Å². The van der Waals surface area contributed by atoms with Gasteiger partial charge in [0.2, 0.25) is 11.8 Å². The molecule has 0 unspecified atom stereocenters. The largest absolute Gasteiger partial charge is 0.349 e. The molecule has 0 aliphatic rings. The predicted octanol–water partition coefficient (Wildman–Crippen LogP) is 2.37. The summed E-state index contributed by atoms with van der Waals surface area (Å²) in [4.78, 5) is 29.8. The van der Waals surface area contributed by atoms with Crippen LogP contribution in [0, 0.1) is 13.8 Å². The molecule has 2 aromatic rings. The van der Waals surface area contributed by atoms with Crippen LogP contribution in [0.3, 0.4) is 0 Å². The second-order valence-corrected chi connectivity index (χ2v) is 5.49. The molecule has 0 fully saturated rings. The quantitative estimate of drug-likeness (QED) is 0.922. The van der Waals surface area contributed by atoms with Gasteiger partial charge in [-0.2, -0.15) is 0 Å². The first kappa shape index (κ1) is 16.7. The van der Waals surface area contributed by atoms with Crippen molar-refractivity contribution in [3.63, 3.8) is 0 Å². The lowest BCUT2D eigenvalue weighted by atomic mass is 10.1. The Labute approximate surface area is 136 Å². The molecule has 5 heteroatoms. The SMILES string of the molecule is CC(=O)N(CC(=O)NCc1ccccn1)c1cc(C)ccc1C. The van der Waals surface area contributed by atoms with Crippen molar-refractivity contribution in [2.75, 3.05) is 11.4 Å². The van der Waals surface area contributed by atoms with Crippen molar-refractivity contribution >= 4 is 17.5 Å². The molecule has 2 amide bonds. The molecule has 1 aromatic heterocycles. The van der Waals surface area contributed by atoms with Crippen LogP contribution >= 0.6 is 0 Å². The van der Waals surface area contributed by atoms with Crippen LogP contribution in [0.15, 0.2) is 42.6 Å². The van der Waals surface area contributed by atoms with Crippen molar-refractivity contribution in [1.82, 2.24) is 10.3 Å². The van der Waals surface area contributed by atoms with Crippen LogP contribution in [0.1, 0.15) is 23.7 Å². The van der Waals surface area contributed by atoms with E-state index >= 15 is 0 Å². The Bertz CT molecular complexity index is 699. The summed E-state index contributed by atoms with van der Waals surface area (Å²) in [6.07, 6.45) is 1.68. The molecule has 0 saturated heterocycles. The number of nitrogens with zero attached hydrogens (tertiary/aromatic N) is 2. The molecule has 0 spiro atoms. The average Bonchev–Trinajstić information content (AvgIpc) is 2.54. The fourth-order valence-corrected chi connectivity index (χ4v) is 2.27. The Morgan fingerprint density at radius 2 is 1.96 bits per heavy atom. The molecule has 1 N–H and O–H groups in total. The monoisotopic (exact) mass is 311 g/mol. The summed E-state index contributed by atoms with van der Waals surface area (Å²) in [7, 11) is 0. The summed E-state index contributed by atoms with van der Waals surface area (Å²) in [5.74, 6) is -0.376. The maximum absolute atomic E-state index is 12.2. The van der Waals surface area contributed by atoms with Crippen LogP contribution in [0.4, 0.5) is 5.69 Å². The minimum atomic E-state index is -0.216. The van der Waals surface area contributed by atoms with Gasteiger partial charge in [0, 0.05) is 18.8 Å². The summed E-state index contributed by atoms with van der Waals surface area (Å²) in [5, 5.41) is 2.79. The third kappa shape index (κ3) is 4.64. The van der Waals surface area contributed by atoms with E-state index < -0.39 is 0 Å². The summed E-state index contributed by atoms with van der Waals surface area (Å²) in [5.41, 5.74) is 3.56. The minimum Gasteiger partial charge on any atom is -0.349 e. The topological polar surface area (TPSA) is 62.3 Å². The average molecular weight is 311 g/mol. The first-order valence-corrected chi connectivity index (χ1v) is 7.49. The van der Waals surface area contributed by atoms with Crippen molar-refractivity contribution < 1.29 is 9.59 Å². The van der Waals surface area contributed by atoms with Crippen molar-refractivity contribution in [1.29, 1.82) is 0 Å². The third-order valence-corrected chi connectivity index (χ3v) is 3.53. The number of hydrogen-bond donors (Lipinski definition) is 1. The Morgan fingerprint density at radius 3 is 2.61 bits per heavy atom. The Hall–Kier alpha value is -2.69. The molecule has 23 heavy (non-hydrogen) atoms. The molecule has 1 aromatic carbocycles. The number of anilines is 1. The van der Waals surface area contributed by atoms with E-state index in [1.807, 2.05) is 50.2 Å². The van der Waals surface area contributed by atoms with E-state index in [0.29, 0.717) is 6.54 Å². The first-order chi connectivity index (χ1) is 11.0. The summed E-state index contributed by atoms with van der Waals surface area (Å²) >= 11 is 0. The number of aryl methyl sites for hydroxylation is 2. The van der Waals surface area contributed by atoms with E-state index in [9.17, 15) is 9.59 Å². The number of carbonyl (C=O) groups excluding carboxylic acids is 2. The van der Waals surface area contributed by atoms with Crippen LogP contribution in [0.25, 0.3) is 0 Å². The van der Waals surface area contributed by atoms with Crippen LogP contribution in [0.5, 0.6) is 0 Å². The van der Waals surface area contributed by atoms with Crippen molar-refractivity contribution in [3.8, 4) is 0 Å². The highest BCUT2D eigenvalue weighted by atomic mass is 16.2. The van der Waals surface area contributed by atoms with Gasteiger partial charge in [0.05, 0.1) is 12.2 Å². The van der Waals surface area contributed by atoms with Crippen LogP contribution < -0.4 is 10.2 Å². The third-order valence-electron chi connectivity index (χ3n) is 3.53. The maximum Gasteiger partial charge on any atom is 0.240 e. The van der Waals surface area contributed by atoms with Gasteiger partial charge < -0.3 is 10.2 Å². The minimum absolute atomic E-state index is 0.00748. The second kappa shape index (κ2) is 7.54. The smallest absolute Gasteiger partial charge is 0.240 e. The summed E-state index contributed by atoms with van der Waals surface area (Å²) in [6, 6.07) is 11.4. The number of carbonyl (C=O) groups is 2. The Balaban J connectivity index is 2.06. The zero-order valence-corrected chi connectivity index (χ0v) is 13.7. The highest BCUT2D eigenvalue weighted by molar-refractivity contribution is 5.98. The van der Waals surface area contributed by atoms with Gasteiger partial charge >= 0.3 is 0 Å². The Kier molecular flexibility index (Phi) is 5.46. The van der Waals surface area contributed by atoms with Gasteiger partial charge in [0.15, 0.2) is 0 Å². The van der Waals surface area contributed by atoms with Crippen LogP contribution in [0.2, 0.25) is 0 Å². The lowest BCUT2D eigenvalue weighted by molar-refractivity contribution is -0.123. The molecule has 2 rings (SSSR count). The van der Waals surface area contributed by atoms with E-state index in [2.05, 4.69) is 10.3 Å². The number of benzene rings is 1. The lowest BCUT2D eigenvalue weighted by Crippen LogP contribution is -2.40. The van der Waals surface area contributed by atoms with Crippen molar-refractivity contribution in [2.45, 2.75) is 27.3 Å². The highest BCUT2D eigenvalue weighted by Crippen LogP contribution is 2.21. The molecule has 5 nitrogen and oxygen atoms in total. The van der Waals surface area contributed by atoms with E-state index in [0.717, 1.165) is 22.5 Å². The molecular formula is C18H21N3O2. The number of pyridine rings is 1. The van der Waals surface area contributed by atoms with Gasteiger partial charge in [-0.25, -0.2) is 0 Å². The number of amides is 2. The summed E-state index contributed by atoms with van der Waals surface area (Å²) < 4.78 is 0. The number of aromatic nitrogens is 1. The fourth-order valence-electron chi connectivity index (χ4n) is 2.27. The lowest BCUT2D eigenvalue weighted by Gasteiger charge is -2.23. The molecule has 120 valence electrons. The molecule has 0 aliphatic carbocycles. The molecule has 0 aliphatic heterocycles. The second-order valence-electron chi connectivity index (χ2n) is 5.49. The van der Waals surface area contributed by atoms with E-state index in [1.54, 1.807) is 6.20 Å². The molecule has 0 radical (unpaired) electrons. The number of nitrogens with one attached hydrogen (secondary N) is 1. The molecule has 1 heterocycles. The molecular weight excluding hydrogens is 290 g/mol. The van der Waals surface area contributed by atoms with Gasteiger partial charge in [-0.1, -0.05) is 18.2 Å². The van der Waals surface area contributed by atoms with Crippen molar-refractivity contribution in [2.24, 2.45) is 0 Å². The van der Waals surface area contributed by atoms with Gasteiger partial charge in [-0.05, 0) is 43.2 Å². The van der Waals surface area contributed by atoms with E-state index in [1.165, 1.54) is 11.8 Å². The molecule has 0 saturated carbocycles. The van der Waals surface area contributed by atoms with E-state index in [4.69, 9.17) is 0 Å². The van der Waals surface area contributed by atoms with Gasteiger partial charge in [-0.3, -0.25) is 14.6 Å². The zero-order chi connectivity index (χ0) is 16.8. The summed E-state index contributed by atoms with van der Waals surface area (Å²) in [6.45, 7) is 5.69. The molecule has 0 bridgehead atoms. The normalized spacial score (nSPS) is 10.2. The Morgan fingerprint density at radius 1 is 1.17 bits per heavy atom. The number of hydrogen-bond acceptors (Lipinski definition) is 3. The van der Waals surface area contributed by atoms with Crippen molar-refractivity contribution in [3.05, 3.63) is 59.4 Å². The standard InChI is InChI=1S/C18H21N3O2/c1-13-7-8-14(2)17(10-13)21(15(3)22)12-18(23)20-11-16-6-4-5-9-19-16/h4-10H,11-12H2,1-3H3,(H,20,23). The fraction of sp³-hybridized carbons (Fsp3) is 0.278. The number of rotatable bonds is 5. The van der Waals surface area contributed by atoms with Gasteiger partial charge in [0.25, 0.3) is 0 Å². The predicted molar refractivity (Wildman–Crippen MR) is 90.0 cm³/mol. The van der Waals surface area contributed by atoms with Crippen LogP contribution in [-0.2, 0) is 16.1 Å². The molecule has 0 atom stereocenters. The van der Waals surface area contributed by atoms with Gasteiger partial charge in [-0.15, -0.1) is 0 Å².